The lowest BCUT2D eigenvalue weighted by Crippen LogP contribution is -2.43. The molecule has 7 rings (SSSR count). The molecule has 3 aromatic carbocycles. The van der Waals surface area contributed by atoms with E-state index in [0.717, 1.165) is 22.3 Å². The van der Waals surface area contributed by atoms with E-state index in [2.05, 4.69) is 15.6 Å². The van der Waals surface area contributed by atoms with Gasteiger partial charge in [-0.25, -0.2) is 4.68 Å². The van der Waals surface area contributed by atoms with Gasteiger partial charge in [0, 0.05) is 16.9 Å². The summed E-state index contributed by atoms with van der Waals surface area (Å²) >= 11 is 6.00. The van der Waals surface area contributed by atoms with E-state index >= 15 is 0 Å². The van der Waals surface area contributed by atoms with Gasteiger partial charge in [-0.15, -0.1) is 5.10 Å². The molecule has 1 aromatic heterocycles. The van der Waals surface area contributed by atoms with Crippen LogP contribution in [0.1, 0.15) is 44.7 Å². The molecule has 4 aromatic rings. The van der Waals surface area contributed by atoms with Crippen LogP contribution in [0.3, 0.4) is 0 Å². The number of fused-ring (bicyclic) bond motifs is 3. The molecule has 3 heterocycles. The maximum Gasteiger partial charge on any atom is 0.310 e. The summed E-state index contributed by atoms with van der Waals surface area (Å²) in [5.41, 5.74) is 3.41. The summed E-state index contributed by atoms with van der Waals surface area (Å²) in [7, 11) is 4.61. The second-order valence-corrected chi connectivity index (χ2v) is 11.4. The number of rotatable bonds is 8. The topological polar surface area (TPSA) is 132 Å². The lowest BCUT2D eigenvalue weighted by Gasteiger charge is -2.39. The molecule has 1 N–H and O–H groups in total. The van der Waals surface area contributed by atoms with Crippen molar-refractivity contribution in [2.45, 2.75) is 18.5 Å². The highest BCUT2D eigenvalue weighted by molar-refractivity contribution is 6.30. The van der Waals surface area contributed by atoms with Crippen molar-refractivity contribution >= 4 is 23.5 Å². The minimum Gasteiger partial charge on any atom is -0.493 e. The molecule has 2 aliphatic heterocycles. The third-order valence-corrected chi connectivity index (χ3v) is 8.80. The molecule has 1 saturated heterocycles. The van der Waals surface area contributed by atoms with Gasteiger partial charge in [-0.05, 0) is 58.7 Å². The number of amides is 1. The van der Waals surface area contributed by atoms with Gasteiger partial charge in [0.05, 0.1) is 52.6 Å². The first-order valence-electron chi connectivity index (χ1n) is 14.2. The van der Waals surface area contributed by atoms with Crippen LogP contribution in [0.25, 0.3) is 0 Å². The minimum atomic E-state index is -0.633. The van der Waals surface area contributed by atoms with E-state index in [1.165, 1.54) is 21.3 Å². The van der Waals surface area contributed by atoms with Crippen LogP contribution in [-0.4, -0.2) is 61.6 Å². The van der Waals surface area contributed by atoms with Gasteiger partial charge in [0.25, 0.3) is 5.91 Å². The van der Waals surface area contributed by atoms with Crippen LogP contribution in [0, 0.1) is 11.8 Å². The SMILES string of the molecule is COc1cc([C@@H]2c3cc4c(cc3[C@@H](NC(=O)c3cn(Cc5ccc(Cl)cc5)nn3)[C@H]3COC(=O)[C@H]23)OCO4)cc(OC)c1OC. The first-order chi connectivity index (χ1) is 21.9. The summed E-state index contributed by atoms with van der Waals surface area (Å²) in [6, 6.07) is 14.2. The van der Waals surface area contributed by atoms with Gasteiger partial charge >= 0.3 is 5.97 Å². The van der Waals surface area contributed by atoms with Crippen LogP contribution in [0.2, 0.25) is 5.02 Å². The van der Waals surface area contributed by atoms with E-state index in [4.69, 9.17) is 40.0 Å². The molecule has 45 heavy (non-hydrogen) atoms. The molecule has 12 nitrogen and oxygen atoms in total. The van der Waals surface area contributed by atoms with Crippen molar-refractivity contribution in [3.8, 4) is 28.7 Å². The number of carbonyl (C=O) groups excluding carboxylic acids is 2. The Bertz CT molecular complexity index is 1770. The van der Waals surface area contributed by atoms with Gasteiger partial charge in [-0.1, -0.05) is 28.9 Å². The fraction of sp³-hybridized carbons (Fsp3) is 0.312. The number of aromatic nitrogens is 3. The van der Waals surface area contributed by atoms with Gasteiger partial charge in [0.15, 0.2) is 28.7 Å². The van der Waals surface area contributed by atoms with E-state index in [-0.39, 0.29) is 25.1 Å². The molecule has 0 unspecified atom stereocenters. The number of cyclic esters (lactones) is 1. The highest BCUT2D eigenvalue weighted by atomic mass is 35.5. The van der Waals surface area contributed by atoms with Gasteiger partial charge in [0.2, 0.25) is 12.5 Å². The monoisotopic (exact) mass is 632 g/mol. The molecule has 1 fully saturated rings. The zero-order valence-corrected chi connectivity index (χ0v) is 25.4. The maximum absolute atomic E-state index is 13.7. The predicted octanol–water partition coefficient (Wildman–Crippen LogP) is 4.14. The molecule has 0 spiro atoms. The van der Waals surface area contributed by atoms with Gasteiger partial charge in [-0.2, -0.15) is 0 Å². The Morgan fingerprint density at radius 3 is 2.33 bits per heavy atom. The zero-order valence-electron chi connectivity index (χ0n) is 24.6. The number of carbonyl (C=O) groups is 2. The van der Waals surface area contributed by atoms with Crippen LogP contribution in [0.4, 0.5) is 0 Å². The second kappa shape index (κ2) is 11.5. The van der Waals surface area contributed by atoms with Crippen LogP contribution < -0.4 is 29.0 Å². The van der Waals surface area contributed by atoms with Crippen LogP contribution in [0.5, 0.6) is 28.7 Å². The fourth-order valence-electron chi connectivity index (χ4n) is 6.50. The molecule has 232 valence electrons. The first kappa shape index (κ1) is 28.8. The Balaban J connectivity index is 1.27. The Labute approximate surface area is 263 Å². The van der Waals surface area contributed by atoms with Crippen LogP contribution in [-0.2, 0) is 16.1 Å². The molecule has 0 bridgehead atoms. The highest BCUT2D eigenvalue weighted by Crippen LogP contribution is 2.55. The van der Waals surface area contributed by atoms with E-state index in [1.54, 1.807) is 23.0 Å². The van der Waals surface area contributed by atoms with Crippen molar-refractivity contribution in [3.05, 3.63) is 87.7 Å². The van der Waals surface area contributed by atoms with Crippen molar-refractivity contribution in [1.82, 2.24) is 20.3 Å². The number of benzene rings is 3. The molecule has 1 amide bonds. The molecular formula is C32H29ClN4O8. The van der Waals surface area contributed by atoms with Crippen LogP contribution in [0.15, 0.2) is 54.7 Å². The highest BCUT2D eigenvalue weighted by Gasteiger charge is 2.53. The molecule has 3 aliphatic rings. The van der Waals surface area contributed by atoms with Gasteiger partial charge < -0.3 is 33.7 Å². The minimum absolute atomic E-state index is 0.0652. The summed E-state index contributed by atoms with van der Waals surface area (Å²) in [6.45, 7) is 0.596. The van der Waals surface area contributed by atoms with Crippen molar-refractivity contribution in [2.75, 3.05) is 34.7 Å². The summed E-state index contributed by atoms with van der Waals surface area (Å²) < 4.78 is 35.5. The Kier molecular flexibility index (Phi) is 7.36. The largest absolute Gasteiger partial charge is 0.493 e. The number of ether oxygens (including phenoxy) is 6. The average molecular weight is 633 g/mol. The summed E-state index contributed by atoms with van der Waals surface area (Å²) in [5, 5.41) is 12.0. The lowest BCUT2D eigenvalue weighted by molar-refractivity contribution is -0.141. The second-order valence-electron chi connectivity index (χ2n) is 11.0. The van der Waals surface area contributed by atoms with Gasteiger partial charge in [-0.3, -0.25) is 9.59 Å². The molecular weight excluding hydrogens is 604 g/mol. The summed E-state index contributed by atoms with van der Waals surface area (Å²) in [6.07, 6.45) is 1.58. The van der Waals surface area contributed by atoms with E-state index in [9.17, 15) is 9.59 Å². The number of methoxy groups -OCH3 is 3. The van der Waals surface area contributed by atoms with Crippen molar-refractivity contribution < 1.29 is 38.0 Å². The van der Waals surface area contributed by atoms with E-state index < -0.39 is 29.7 Å². The molecule has 13 heteroatoms. The zero-order chi connectivity index (χ0) is 31.2. The Morgan fingerprint density at radius 2 is 1.67 bits per heavy atom. The van der Waals surface area contributed by atoms with E-state index in [0.29, 0.717) is 40.3 Å². The number of nitrogens with zero attached hydrogens (tertiary/aromatic N) is 3. The number of hydrogen-bond donors (Lipinski definition) is 1. The number of esters is 1. The number of nitrogens with one attached hydrogen (secondary N) is 1. The average Bonchev–Trinajstić information content (AvgIpc) is 3.81. The standard InChI is InChI=1S/C32H29ClN4O8/c1-40-25-8-17(9-26(41-2)30(25)42-3)27-19-10-23-24(45-15-44-23)11-20(19)29(21-14-43-32(39)28(21)27)34-31(38)22-13-37(36-35-22)12-16-4-6-18(33)7-5-16/h4-11,13,21,27-29H,12,14-15H2,1-3H3,(H,34,38)/t21-,27+,28-,29+/m0/s1. The molecule has 4 atom stereocenters. The first-order valence-corrected chi connectivity index (χ1v) is 14.6. The van der Waals surface area contributed by atoms with Gasteiger partial charge in [0.1, 0.15) is 0 Å². The quantitative estimate of drug-likeness (QED) is 0.283. The Hall–Kier alpha value is -4.97. The molecule has 1 aliphatic carbocycles. The van der Waals surface area contributed by atoms with Crippen LogP contribution >= 0.6 is 11.6 Å². The van der Waals surface area contributed by atoms with Crippen molar-refractivity contribution in [1.29, 1.82) is 0 Å². The lowest BCUT2D eigenvalue weighted by atomic mass is 9.65. The molecule has 0 saturated carbocycles. The normalized spacial score (nSPS) is 21.0. The smallest absolute Gasteiger partial charge is 0.310 e. The number of halogens is 1. The number of hydrogen-bond acceptors (Lipinski definition) is 10. The summed E-state index contributed by atoms with van der Waals surface area (Å²) in [5.74, 6) is 0.130. The third-order valence-electron chi connectivity index (χ3n) is 8.55. The maximum atomic E-state index is 13.7. The molecule has 0 radical (unpaired) electrons. The third kappa shape index (κ3) is 5.04. The Morgan fingerprint density at radius 1 is 0.978 bits per heavy atom. The summed E-state index contributed by atoms with van der Waals surface area (Å²) in [4.78, 5) is 27.1. The van der Waals surface area contributed by atoms with E-state index in [1.807, 2.05) is 36.4 Å². The van der Waals surface area contributed by atoms with Crippen molar-refractivity contribution in [2.24, 2.45) is 11.8 Å². The predicted molar refractivity (Wildman–Crippen MR) is 159 cm³/mol. The van der Waals surface area contributed by atoms with Crippen molar-refractivity contribution in [3.63, 3.8) is 0 Å². The fourth-order valence-corrected chi connectivity index (χ4v) is 6.63.